The monoisotopic (exact) mass is 324 g/mol. The molecule has 1 aliphatic rings. The maximum absolute atomic E-state index is 11.9. The quantitative estimate of drug-likeness (QED) is 0.844. The van der Waals surface area contributed by atoms with Crippen LogP contribution in [0.15, 0.2) is 54.6 Å². The number of rotatable bonds is 3. The molecule has 0 heterocycles. The lowest BCUT2D eigenvalue weighted by Gasteiger charge is -2.55. The highest BCUT2D eigenvalue weighted by atomic mass is 16.3. The van der Waals surface area contributed by atoms with Gasteiger partial charge in [0.2, 0.25) is 0 Å². The van der Waals surface area contributed by atoms with E-state index in [1.807, 2.05) is 18.2 Å². The van der Waals surface area contributed by atoms with Crippen molar-refractivity contribution in [3.63, 3.8) is 0 Å². The van der Waals surface area contributed by atoms with Crippen molar-refractivity contribution in [3.8, 4) is 5.75 Å². The van der Waals surface area contributed by atoms with Crippen molar-refractivity contribution in [1.82, 2.24) is 0 Å². The third-order valence-corrected chi connectivity index (χ3v) is 5.99. The Morgan fingerprint density at radius 1 is 0.958 bits per heavy atom. The molecule has 0 radical (unpaired) electrons. The molecule has 3 atom stereocenters. The molecular weight excluding hydrogens is 296 g/mol. The molecule has 2 aromatic rings. The van der Waals surface area contributed by atoms with E-state index in [4.69, 9.17) is 0 Å². The third kappa shape index (κ3) is 2.53. The molecule has 3 unspecified atom stereocenters. The van der Waals surface area contributed by atoms with Gasteiger partial charge in [0.25, 0.3) is 0 Å². The Hall–Kier alpha value is -1.80. The molecule has 2 nitrogen and oxygen atoms in total. The van der Waals surface area contributed by atoms with Crippen LogP contribution in [0.1, 0.15) is 51.2 Å². The minimum Gasteiger partial charge on any atom is -0.508 e. The van der Waals surface area contributed by atoms with Crippen LogP contribution in [0.25, 0.3) is 0 Å². The van der Waals surface area contributed by atoms with E-state index in [-0.39, 0.29) is 11.7 Å². The van der Waals surface area contributed by atoms with Crippen molar-refractivity contribution < 1.29 is 10.2 Å². The first-order valence-corrected chi connectivity index (χ1v) is 8.97. The lowest BCUT2D eigenvalue weighted by molar-refractivity contribution is -0.0993. The van der Waals surface area contributed by atoms with Crippen molar-refractivity contribution in [2.75, 3.05) is 0 Å². The second-order valence-corrected chi connectivity index (χ2v) is 7.75. The van der Waals surface area contributed by atoms with Crippen LogP contribution in [-0.2, 0) is 5.41 Å². The second kappa shape index (κ2) is 6.25. The SMILES string of the molecule is CC1CCC(O)(C(C)C)C(c2ccccc2)(c2ccc(O)cc2)C1. The van der Waals surface area contributed by atoms with E-state index in [0.717, 1.165) is 24.8 Å². The summed E-state index contributed by atoms with van der Waals surface area (Å²) in [6.45, 7) is 6.51. The Morgan fingerprint density at radius 2 is 1.54 bits per heavy atom. The van der Waals surface area contributed by atoms with Gasteiger partial charge in [0.15, 0.2) is 0 Å². The van der Waals surface area contributed by atoms with Gasteiger partial charge in [-0.25, -0.2) is 0 Å². The molecule has 1 saturated carbocycles. The van der Waals surface area contributed by atoms with Crippen LogP contribution in [0, 0.1) is 11.8 Å². The predicted octanol–water partition coefficient (Wildman–Crippen LogP) is 4.89. The van der Waals surface area contributed by atoms with Crippen molar-refractivity contribution >= 4 is 0 Å². The zero-order valence-corrected chi connectivity index (χ0v) is 14.9. The summed E-state index contributed by atoms with van der Waals surface area (Å²) in [5, 5.41) is 21.6. The van der Waals surface area contributed by atoms with Gasteiger partial charge in [-0.2, -0.15) is 0 Å². The third-order valence-electron chi connectivity index (χ3n) is 5.99. The average Bonchev–Trinajstić information content (AvgIpc) is 2.58. The molecule has 0 bridgehead atoms. The van der Waals surface area contributed by atoms with Gasteiger partial charge < -0.3 is 10.2 Å². The fourth-order valence-corrected chi connectivity index (χ4v) is 4.63. The summed E-state index contributed by atoms with van der Waals surface area (Å²) in [6, 6.07) is 17.8. The Bertz CT molecular complexity index is 677. The number of hydrogen-bond donors (Lipinski definition) is 2. The second-order valence-electron chi connectivity index (χ2n) is 7.75. The molecule has 128 valence electrons. The zero-order valence-electron chi connectivity index (χ0n) is 14.9. The molecule has 2 heteroatoms. The molecule has 24 heavy (non-hydrogen) atoms. The van der Waals surface area contributed by atoms with Gasteiger partial charge in [0.1, 0.15) is 5.75 Å². The molecule has 0 aromatic heterocycles. The van der Waals surface area contributed by atoms with Gasteiger partial charge in [-0.15, -0.1) is 0 Å². The topological polar surface area (TPSA) is 40.5 Å². The molecule has 2 N–H and O–H groups in total. The molecule has 0 saturated heterocycles. The van der Waals surface area contributed by atoms with Crippen molar-refractivity contribution in [2.45, 2.75) is 51.0 Å². The standard InChI is InChI=1S/C22H28O2/c1-16(2)22(24)14-13-17(3)15-21(22,18-7-5-4-6-8-18)19-9-11-20(23)12-10-19/h4-12,16-17,23-24H,13-15H2,1-3H3. The van der Waals surface area contributed by atoms with Gasteiger partial charge in [-0.3, -0.25) is 0 Å². The molecule has 0 aliphatic heterocycles. The van der Waals surface area contributed by atoms with E-state index >= 15 is 0 Å². The van der Waals surface area contributed by atoms with Crippen LogP contribution in [0.2, 0.25) is 0 Å². The maximum atomic E-state index is 11.9. The lowest BCUT2D eigenvalue weighted by Crippen LogP contribution is -2.59. The minimum atomic E-state index is -0.808. The van der Waals surface area contributed by atoms with Crippen LogP contribution >= 0.6 is 0 Å². The molecule has 1 aliphatic carbocycles. The number of phenols is 1. The fraction of sp³-hybridized carbons (Fsp3) is 0.455. The molecule has 1 fully saturated rings. The van der Waals surface area contributed by atoms with Crippen LogP contribution in [0.5, 0.6) is 5.75 Å². The van der Waals surface area contributed by atoms with E-state index < -0.39 is 11.0 Å². The molecule has 0 spiro atoms. The molecule has 0 amide bonds. The summed E-state index contributed by atoms with van der Waals surface area (Å²) in [4.78, 5) is 0. The van der Waals surface area contributed by atoms with Crippen LogP contribution in [-0.4, -0.2) is 15.8 Å². The molecule has 3 rings (SSSR count). The zero-order chi connectivity index (χ0) is 17.4. The Morgan fingerprint density at radius 3 is 2.12 bits per heavy atom. The Balaban J connectivity index is 2.29. The maximum Gasteiger partial charge on any atom is 0.115 e. The highest BCUT2D eigenvalue weighted by Gasteiger charge is 2.56. The first-order chi connectivity index (χ1) is 11.4. The number of aromatic hydroxyl groups is 1. The summed E-state index contributed by atoms with van der Waals surface area (Å²) >= 11 is 0. The van der Waals surface area contributed by atoms with E-state index in [9.17, 15) is 10.2 Å². The summed E-state index contributed by atoms with van der Waals surface area (Å²) < 4.78 is 0. The molecule has 2 aromatic carbocycles. The van der Waals surface area contributed by atoms with E-state index in [1.54, 1.807) is 12.1 Å². The fourth-order valence-electron chi connectivity index (χ4n) is 4.63. The predicted molar refractivity (Wildman–Crippen MR) is 98.1 cm³/mol. The summed E-state index contributed by atoms with van der Waals surface area (Å²) in [5.74, 6) is 0.941. The number of hydrogen-bond acceptors (Lipinski definition) is 2. The molecular formula is C22H28O2. The number of benzene rings is 2. The summed E-state index contributed by atoms with van der Waals surface area (Å²) in [7, 11) is 0. The van der Waals surface area contributed by atoms with Crippen LogP contribution in [0.3, 0.4) is 0 Å². The van der Waals surface area contributed by atoms with Crippen molar-refractivity contribution in [3.05, 3.63) is 65.7 Å². The van der Waals surface area contributed by atoms with Crippen molar-refractivity contribution in [2.24, 2.45) is 11.8 Å². The largest absolute Gasteiger partial charge is 0.508 e. The lowest BCUT2D eigenvalue weighted by atomic mass is 9.51. The van der Waals surface area contributed by atoms with E-state index in [0.29, 0.717) is 5.92 Å². The highest BCUT2D eigenvalue weighted by Crippen LogP contribution is 2.55. The van der Waals surface area contributed by atoms with Gasteiger partial charge in [0, 0.05) is 5.41 Å². The van der Waals surface area contributed by atoms with Gasteiger partial charge in [-0.05, 0) is 54.4 Å². The van der Waals surface area contributed by atoms with E-state index in [1.165, 1.54) is 5.56 Å². The average molecular weight is 324 g/mol. The Kier molecular flexibility index (Phi) is 4.44. The number of phenolic OH excluding ortho intramolecular Hbond substituents is 1. The minimum absolute atomic E-state index is 0.138. The first-order valence-electron chi connectivity index (χ1n) is 8.97. The van der Waals surface area contributed by atoms with Crippen molar-refractivity contribution in [1.29, 1.82) is 0 Å². The van der Waals surface area contributed by atoms with Crippen LogP contribution < -0.4 is 0 Å². The van der Waals surface area contributed by atoms with Gasteiger partial charge in [-0.1, -0.05) is 63.2 Å². The highest BCUT2D eigenvalue weighted by molar-refractivity contribution is 5.46. The van der Waals surface area contributed by atoms with Crippen LogP contribution in [0.4, 0.5) is 0 Å². The summed E-state index contributed by atoms with van der Waals surface area (Å²) in [5.41, 5.74) is 0.999. The Labute approximate surface area is 145 Å². The summed E-state index contributed by atoms with van der Waals surface area (Å²) in [6.07, 6.45) is 2.75. The first kappa shape index (κ1) is 17.0. The van der Waals surface area contributed by atoms with Gasteiger partial charge in [0.05, 0.1) is 5.60 Å². The number of aliphatic hydroxyl groups is 1. The van der Waals surface area contributed by atoms with Gasteiger partial charge >= 0.3 is 0 Å². The normalized spacial score (nSPS) is 30.5. The van der Waals surface area contributed by atoms with E-state index in [2.05, 4.69) is 45.0 Å². The smallest absolute Gasteiger partial charge is 0.115 e.